The summed E-state index contributed by atoms with van der Waals surface area (Å²) >= 11 is 0. The molecule has 18 heavy (non-hydrogen) atoms. The minimum absolute atomic E-state index is 0.0778. The second-order valence-corrected chi connectivity index (χ2v) is 3.55. The summed E-state index contributed by atoms with van der Waals surface area (Å²) in [5.41, 5.74) is 3.69. The molecule has 0 spiro atoms. The number of nitrogens with zero attached hydrogens (tertiary/aromatic N) is 3. The highest BCUT2D eigenvalue weighted by Gasteiger charge is 2.15. The van der Waals surface area contributed by atoms with E-state index in [1.165, 1.54) is 0 Å². The molecule has 1 rings (SSSR count). The van der Waals surface area contributed by atoms with E-state index < -0.39 is 5.97 Å². The first-order chi connectivity index (χ1) is 8.51. The maximum atomic E-state index is 11.2. The van der Waals surface area contributed by atoms with Crippen molar-refractivity contribution in [1.29, 1.82) is 10.5 Å². The number of hydrazone groups is 1. The van der Waals surface area contributed by atoms with E-state index in [0.29, 0.717) is 11.1 Å². The maximum absolute atomic E-state index is 11.2. The van der Waals surface area contributed by atoms with E-state index >= 15 is 0 Å². The number of anilines is 1. The third kappa shape index (κ3) is 2.63. The van der Waals surface area contributed by atoms with Gasteiger partial charge in [-0.05, 0) is 25.0 Å². The Kier molecular flexibility index (Phi) is 4.01. The van der Waals surface area contributed by atoms with Crippen molar-refractivity contribution >= 4 is 17.4 Å². The molecule has 0 aliphatic heterocycles. The summed E-state index contributed by atoms with van der Waals surface area (Å²) < 4.78 is 0. The summed E-state index contributed by atoms with van der Waals surface area (Å²) in [6.07, 6.45) is 0. The van der Waals surface area contributed by atoms with Gasteiger partial charge in [0.25, 0.3) is 0 Å². The largest absolute Gasteiger partial charge is 0.478 e. The number of carboxylic acid groups (broad SMARTS) is 1. The lowest BCUT2D eigenvalue weighted by molar-refractivity contribution is 0.0697. The van der Waals surface area contributed by atoms with Gasteiger partial charge in [-0.25, -0.2) is 4.79 Å². The molecule has 1 aromatic carbocycles. The Bertz CT molecular complexity index is 590. The fourth-order valence-corrected chi connectivity index (χ4v) is 1.42. The number of aryl methyl sites for hydroxylation is 2. The molecule has 0 fully saturated rings. The van der Waals surface area contributed by atoms with Gasteiger partial charge in [0.1, 0.15) is 12.1 Å². The lowest BCUT2D eigenvalue weighted by atomic mass is 10.0. The second-order valence-electron chi connectivity index (χ2n) is 3.55. The van der Waals surface area contributed by atoms with Crippen LogP contribution in [0.4, 0.5) is 5.69 Å². The molecule has 6 nitrogen and oxygen atoms in total. The number of rotatable bonds is 3. The smallest absolute Gasteiger partial charge is 0.338 e. The summed E-state index contributed by atoms with van der Waals surface area (Å²) in [7, 11) is 0. The molecule has 0 atom stereocenters. The molecule has 0 radical (unpaired) electrons. The quantitative estimate of drug-likeness (QED) is 0.620. The minimum Gasteiger partial charge on any atom is -0.478 e. The molecular formula is C12H10N4O2. The zero-order valence-electron chi connectivity index (χ0n) is 9.85. The van der Waals surface area contributed by atoms with E-state index in [9.17, 15) is 4.79 Å². The maximum Gasteiger partial charge on any atom is 0.338 e. The Morgan fingerprint density at radius 1 is 1.28 bits per heavy atom. The van der Waals surface area contributed by atoms with E-state index in [-0.39, 0.29) is 17.0 Å². The van der Waals surface area contributed by atoms with Crippen molar-refractivity contribution in [3.8, 4) is 12.1 Å². The molecule has 0 saturated heterocycles. The van der Waals surface area contributed by atoms with Crippen molar-refractivity contribution < 1.29 is 9.90 Å². The zero-order valence-corrected chi connectivity index (χ0v) is 9.85. The van der Waals surface area contributed by atoms with Crippen LogP contribution in [-0.4, -0.2) is 16.8 Å². The summed E-state index contributed by atoms with van der Waals surface area (Å²) in [5, 5.41) is 29.8. The van der Waals surface area contributed by atoms with Crippen molar-refractivity contribution in [1.82, 2.24) is 0 Å². The van der Waals surface area contributed by atoms with E-state index in [1.807, 2.05) is 0 Å². The van der Waals surface area contributed by atoms with Crippen LogP contribution in [0.15, 0.2) is 17.2 Å². The Hall–Kier alpha value is -2.86. The molecule has 6 heteroatoms. The number of hydrogen-bond acceptors (Lipinski definition) is 5. The van der Waals surface area contributed by atoms with Gasteiger partial charge in [-0.1, -0.05) is 12.1 Å². The predicted molar refractivity (Wildman–Crippen MR) is 65.2 cm³/mol. The first kappa shape index (κ1) is 13.2. The van der Waals surface area contributed by atoms with Gasteiger partial charge in [0.15, 0.2) is 0 Å². The molecule has 0 heterocycles. The Morgan fingerprint density at radius 2 is 1.83 bits per heavy atom. The minimum atomic E-state index is -1.09. The summed E-state index contributed by atoms with van der Waals surface area (Å²) in [6, 6.07) is 6.59. The predicted octanol–water partition coefficient (Wildman–Crippen LogP) is 1.82. The van der Waals surface area contributed by atoms with Crippen LogP contribution in [0.3, 0.4) is 0 Å². The molecule has 1 aromatic rings. The van der Waals surface area contributed by atoms with Gasteiger partial charge >= 0.3 is 5.97 Å². The third-order valence-electron chi connectivity index (χ3n) is 2.33. The molecular weight excluding hydrogens is 232 g/mol. The van der Waals surface area contributed by atoms with E-state index in [0.717, 1.165) is 0 Å². The molecule has 0 saturated carbocycles. The fourth-order valence-electron chi connectivity index (χ4n) is 1.42. The fraction of sp³-hybridized carbons (Fsp3) is 0.167. The molecule has 0 aliphatic rings. The van der Waals surface area contributed by atoms with Crippen LogP contribution in [0.25, 0.3) is 0 Å². The van der Waals surface area contributed by atoms with Crippen molar-refractivity contribution in [2.24, 2.45) is 5.10 Å². The van der Waals surface area contributed by atoms with E-state index in [1.54, 1.807) is 38.1 Å². The van der Waals surface area contributed by atoms with Crippen LogP contribution < -0.4 is 5.43 Å². The van der Waals surface area contributed by atoms with Crippen LogP contribution in [0.2, 0.25) is 0 Å². The monoisotopic (exact) mass is 242 g/mol. The standard InChI is InChI=1S/C12H10N4O2/c1-7-3-4-8(2)11(10(7)12(17)18)16-15-9(5-13)6-14/h3-4,16H,1-2H3,(H,17,18). The first-order valence-corrected chi connectivity index (χ1v) is 4.98. The van der Waals surface area contributed by atoms with Gasteiger partial charge in [-0.2, -0.15) is 15.6 Å². The lowest BCUT2D eigenvalue weighted by Crippen LogP contribution is -2.08. The first-order valence-electron chi connectivity index (χ1n) is 4.98. The van der Waals surface area contributed by atoms with Crippen molar-refractivity contribution in [2.75, 3.05) is 5.43 Å². The van der Waals surface area contributed by atoms with Crippen molar-refractivity contribution in [3.05, 3.63) is 28.8 Å². The normalized spacial score (nSPS) is 8.89. The summed E-state index contributed by atoms with van der Waals surface area (Å²) in [4.78, 5) is 11.2. The average molecular weight is 242 g/mol. The molecule has 0 amide bonds. The molecule has 90 valence electrons. The topological polar surface area (TPSA) is 109 Å². The van der Waals surface area contributed by atoms with Crippen LogP contribution in [-0.2, 0) is 0 Å². The summed E-state index contributed by atoms with van der Waals surface area (Å²) in [6.45, 7) is 3.37. The summed E-state index contributed by atoms with van der Waals surface area (Å²) in [5.74, 6) is -1.09. The van der Waals surface area contributed by atoms with Crippen LogP contribution >= 0.6 is 0 Å². The highest BCUT2D eigenvalue weighted by Crippen LogP contribution is 2.24. The van der Waals surface area contributed by atoms with Crippen LogP contribution in [0.5, 0.6) is 0 Å². The lowest BCUT2D eigenvalue weighted by Gasteiger charge is -2.11. The Labute approximate surface area is 104 Å². The molecule has 0 bridgehead atoms. The van der Waals surface area contributed by atoms with E-state index in [2.05, 4.69) is 10.5 Å². The van der Waals surface area contributed by atoms with Crippen LogP contribution in [0.1, 0.15) is 21.5 Å². The van der Waals surface area contributed by atoms with Gasteiger partial charge in [0.05, 0.1) is 11.3 Å². The number of carboxylic acids is 1. The number of nitrogens with one attached hydrogen (secondary N) is 1. The van der Waals surface area contributed by atoms with Crippen molar-refractivity contribution in [3.63, 3.8) is 0 Å². The van der Waals surface area contributed by atoms with Gasteiger partial charge in [0, 0.05) is 0 Å². The van der Waals surface area contributed by atoms with E-state index in [4.69, 9.17) is 15.6 Å². The average Bonchev–Trinajstić information content (AvgIpc) is 2.34. The third-order valence-corrected chi connectivity index (χ3v) is 2.33. The molecule has 0 unspecified atom stereocenters. The number of carbonyl (C=O) groups is 1. The van der Waals surface area contributed by atoms with Crippen molar-refractivity contribution in [2.45, 2.75) is 13.8 Å². The van der Waals surface area contributed by atoms with Gasteiger partial charge in [0.2, 0.25) is 5.71 Å². The number of benzene rings is 1. The second kappa shape index (κ2) is 5.46. The number of aromatic carboxylic acids is 1. The Morgan fingerprint density at radius 3 is 2.33 bits per heavy atom. The zero-order chi connectivity index (χ0) is 13.7. The highest BCUT2D eigenvalue weighted by atomic mass is 16.4. The Balaban J connectivity index is 3.30. The molecule has 0 aromatic heterocycles. The highest BCUT2D eigenvalue weighted by molar-refractivity contribution is 6.10. The SMILES string of the molecule is Cc1ccc(C)c(C(=O)O)c1NN=C(C#N)C#N. The van der Waals surface area contributed by atoms with Gasteiger partial charge in [-0.15, -0.1) is 0 Å². The van der Waals surface area contributed by atoms with Crippen LogP contribution in [0, 0.1) is 36.5 Å². The van der Waals surface area contributed by atoms with Gasteiger partial charge in [-0.3, -0.25) is 5.43 Å². The number of hydrogen-bond donors (Lipinski definition) is 2. The molecule has 0 aliphatic carbocycles. The number of nitriles is 2. The molecule has 2 N–H and O–H groups in total. The van der Waals surface area contributed by atoms with Gasteiger partial charge < -0.3 is 5.11 Å².